The molecule has 0 bridgehead atoms. The van der Waals surface area contributed by atoms with E-state index in [1.807, 2.05) is 17.0 Å². The van der Waals surface area contributed by atoms with Crippen LogP contribution < -0.4 is 10.2 Å². The molecule has 0 atom stereocenters. The quantitative estimate of drug-likeness (QED) is 0.505. The van der Waals surface area contributed by atoms with Crippen LogP contribution in [0.2, 0.25) is 5.02 Å². The number of anilines is 2. The number of nitrogens with one attached hydrogen (secondary N) is 1. The van der Waals surface area contributed by atoms with Gasteiger partial charge in [-0.25, -0.2) is 0 Å². The maximum Gasteiger partial charge on any atom is 0.294 e. The Morgan fingerprint density at radius 2 is 1.79 bits per heavy atom. The molecule has 1 aliphatic heterocycles. The van der Waals surface area contributed by atoms with Gasteiger partial charge in [0.05, 0.1) is 18.1 Å². The number of hydrogen-bond acceptors (Lipinski definition) is 5. The summed E-state index contributed by atoms with van der Waals surface area (Å²) in [5.41, 5.74) is 1.28. The number of carbonyl (C=O) groups excluding carboxylic acids is 1. The predicted octanol–water partition coefficient (Wildman–Crippen LogP) is 4.49. The fourth-order valence-corrected chi connectivity index (χ4v) is 3.72. The Morgan fingerprint density at radius 1 is 1.07 bits per heavy atom. The molecule has 29 heavy (non-hydrogen) atoms. The minimum Gasteiger partial charge on any atom is -0.378 e. The number of nitro benzene ring substituents is 1. The Kier molecular flexibility index (Phi) is 5.33. The van der Waals surface area contributed by atoms with E-state index in [1.165, 1.54) is 6.07 Å². The summed E-state index contributed by atoms with van der Waals surface area (Å²) in [6, 6.07) is 15.4. The molecule has 7 nitrogen and oxygen atoms in total. The third kappa shape index (κ3) is 3.87. The summed E-state index contributed by atoms with van der Waals surface area (Å²) in [4.78, 5) is 25.9. The van der Waals surface area contributed by atoms with E-state index in [0.29, 0.717) is 48.3 Å². The average molecular weight is 412 g/mol. The number of morpholine rings is 1. The highest BCUT2D eigenvalue weighted by molar-refractivity contribution is 6.36. The molecular formula is C21H18ClN3O4. The molecule has 1 heterocycles. The largest absolute Gasteiger partial charge is 0.378 e. The topological polar surface area (TPSA) is 84.7 Å². The number of fused-ring (bicyclic) bond motifs is 1. The molecule has 1 aliphatic rings. The zero-order valence-corrected chi connectivity index (χ0v) is 16.2. The molecule has 0 aromatic heterocycles. The minimum atomic E-state index is -0.432. The van der Waals surface area contributed by atoms with E-state index < -0.39 is 4.92 Å². The number of halogens is 1. The van der Waals surface area contributed by atoms with Crippen LogP contribution in [0.15, 0.2) is 54.6 Å². The van der Waals surface area contributed by atoms with Crippen LogP contribution in [-0.4, -0.2) is 37.1 Å². The van der Waals surface area contributed by atoms with Crippen LogP contribution in [-0.2, 0) is 4.74 Å². The van der Waals surface area contributed by atoms with Crippen LogP contribution in [0, 0.1) is 10.1 Å². The van der Waals surface area contributed by atoms with E-state index >= 15 is 0 Å². The van der Waals surface area contributed by atoms with Crippen molar-refractivity contribution in [2.45, 2.75) is 0 Å². The second-order valence-electron chi connectivity index (χ2n) is 6.65. The molecule has 3 aromatic rings. The minimum absolute atomic E-state index is 0.0503. The van der Waals surface area contributed by atoms with Gasteiger partial charge in [-0.1, -0.05) is 35.9 Å². The van der Waals surface area contributed by atoms with E-state index in [-0.39, 0.29) is 11.6 Å². The summed E-state index contributed by atoms with van der Waals surface area (Å²) in [7, 11) is 0. The lowest BCUT2D eigenvalue weighted by molar-refractivity contribution is -0.384. The molecule has 0 saturated carbocycles. The molecule has 1 saturated heterocycles. The summed E-state index contributed by atoms with van der Waals surface area (Å²) in [6.07, 6.45) is 0. The Balaban J connectivity index is 1.64. The normalized spacial score (nSPS) is 14.0. The number of rotatable bonds is 4. The van der Waals surface area contributed by atoms with Crippen LogP contribution in [0.4, 0.5) is 17.1 Å². The van der Waals surface area contributed by atoms with Crippen molar-refractivity contribution in [3.8, 4) is 0 Å². The summed E-state index contributed by atoms with van der Waals surface area (Å²) < 4.78 is 5.31. The third-order valence-corrected chi connectivity index (χ3v) is 5.22. The van der Waals surface area contributed by atoms with Crippen molar-refractivity contribution in [1.29, 1.82) is 0 Å². The number of ether oxygens (including phenoxy) is 1. The number of benzene rings is 3. The van der Waals surface area contributed by atoms with E-state index in [1.54, 1.807) is 36.4 Å². The number of nitrogens with zero attached hydrogens (tertiary/aromatic N) is 2. The van der Waals surface area contributed by atoms with Crippen LogP contribution in [0.25, 0.3) is 10.8 Å². The van der Waals surface area contributed by atoms with E-state index in [2.05, 4.69) is 5.32 Å². The lowest BCUT2D eigenvalue weighted by Gasteiger charge is -2.28. The first-order chi connectivity index (χ1) is 14.0. The zero-order chi connectivity index (χ0) is 20.4. The van der Waals surface area contributed by atoms with Gasteiger partial charge in [0.15, 0.2) is 0 Å². The lowest BCUT2D eigenvalue weighted by atomic mass is 10.0. The number of amides is 1. The predicted molar refractivity (Wildman–Crippen MR) is 113 cm³/mol. The van der Waals surface area contributed by atoms with E-state index in [9.17, 15) is 14.9 Å². The number of hydrogen-bond donors (Lipinski definition) is 1. The molecule has 1 fully saturated rings. The molecule has 0 unspecified atom stereocenters. The number of carbonyl (C=O) groups is 1. The van der Waals surface area contributed by atoms with Crippen molar-refractivity contribution in [3.63, 3.8) is 0 Å². The van der Waals surface area contributed by atoms with Crippen molar-refractivity contribution in [3.05, 3.63) is 75.3 Å². The van der Waals surface area contributed by atoms with Gasteiger partial charge in [0.1, 0.15) is 5.69 Å². The van der Waals surface area contributed by atoms with Crippen LogP contribution >= 0.6 is 11.6 Å². The monoisotopic (exact) mass is 411 g/mol. The summed E-state index contributed by atoms with van der Waals surface area (Å²) >= 11 is 6.22. The maximum atomic E-state index is 12.9. The fourth-order valence-electron chi connectivity index (χ4n) is 3.49. The summed E-state index contributed by atoms with van der Waals surface area (Å²) in [6.45, 7) is 2.23. The first-order valence-electron chi connectivity index (χ1n) is 9.14. The second-order valence-corrected chi connectivity index (χ2v) is 7.06. The highest BCUT2D eigenvalue weighted by atomic mass is 35.5. The first-order valence-corrected chi connectivity index (χ1v) is 9.52. The van der Waals surface area contributed by atoms with Crippen molar-refractivity contribution in [1.82, 2.24) is 0 Å². The molecule has 0 aliphatic carbocycles. The molecule has 8 heteroatoms. The molecule has 1 N–H and O–H groups in total. The Morgan fingerprint density at radius 3 is 2.55 bits per heavy atom. The van der Waals surface area contributed by atoms with Crippen LogP contribution in [0.5, 0.6) is 0 Å². The van der Waals surface area contributed by atoms with Crippen molar-refractivity contribution in [2.24, 2.45) is 0 Å². The van der Waals surface area contributed by atoms with Gasteiger partial charge in [-0.2, -0.15) is 0 Å². The van der Waals surface area contributed by atoms with E-state index in [0.717, 1.165) is 10.8 Å². The Labute approximate surface area is 172 Å². The summed E-state index contributed by atoms with van der Waals surface area (Å²) in [5.74, 6) is -0.355. The van der Waals surface area contributed by atoms with Gasteiger partial charge in [-0.3, -0.25) is 14.9 Å². The smallest absolute Gasteiger partial charge is 0.294 e. The highest BCUT2D eigenvalue weighted by Gasteiger charge is 2.22. The second kappa shape index (κ2) is 8.06. The maximum absolute atomic E-state index is 12.9. The Hall–Kier alpha value is -3.16. The molecule has 0 radical (unpaired) electrons. The molecular weight excluding hydrogens is 394 g/mol. The molecule has 1 amide bonds. The fraction of sp³-hybridized carbons (Fsp3) is 0.190. The van der Waals surface area contributed by atoms with Gasteiger partial charge in [0, 0.05) is 40.8 Å². The van der Waals surface area contributed by atoms with Crippen molar-refractivity contribution in [2.75, 3.05) is 36.5 Å². The molecule has 0 spiro atoms. The van der Waals surface area contributed by atoms with Gasteiger partial charge < -0.3 is 15.0 Å². The van der Waals surface area contributed by atoms with Crippen LogP contribution in [0.3, 0.4) is 0 Å². The van der Waals surface area contributed by atoms with E-state index in [4.69, 9.17) is 16.3 Å². The highest BCUT2D eigenvalue weighted by Crippen LogP contribution is 2.32. The SMILES string of the molecule is O=C(Nc1ccc(N2CCOCC2)c([N+](=O)[O-])c1)c1cccc2c(Cl)cccc12. The van der Waals surface area contributed by atoms with Gasteiger partial charge in [-0.15, -0.1) is 0 Å². The van der Waals surface area contributed by atoms with Gasteiger partial charge in [0.2, 0.25) is 0 Å². The lowest BCUT2D eigenvalue weighted by Crippen LogP contribution is -2.36. The first kappa shape index (κ1) is 19.2. The zero-order valence-electron chi connectivity index (χ0n) is 15.4. The molecule has 4 rings (SSSR count). The number of nitro groups is 1. The molecule has 3 aromatic carbocycles. The Bertz CT molecular complexity index is 1100. The van der Waals surface area contributed by atoms with Crippen LogP contribution in [0.1, 0.15) is 10.4 Å². The summed E-state index contributed by atoms with van der Waals surface area (Å²) in [5, 5.41) is 16.4. The average Bonchev–Trinajstić information content (AvgIpc) is 2.74. The van der Waals surface area contributed by atoms with Crippen molar-refractivity contribution >= 4 is 45.3 Å². The third-order valence-electron chi connectivity index (χ3n) is 4.90. The van der Waals surface area contributed by atoms with Gasteiger partial charge in [0.25, 0.3) is 11.6 Å². The standard InChI is InChI=1S/C21H18ClN3O4/c22-18-6-2-3-15-16(18)4-1-5-17(15)21(26)23-14-7-8-19(20(13-14)25(27)28)24-9-11-29-12-10-24/h1-8,13H,9-12H2,(H,23,26). The van der Waals surface area contributed by atoms with Gasteiger partial charge in [-0.05, 0) is 29.7 Å². The molecule has 148 valence electrons. The van der Waals surface area contributed by atoms with Crippen molar-refractivity contribution < 1.29 is 14.5 Å². The van der Waals surface area contributed by atoms with Gasteiger partial charge >= 0.3 is 0 Å².